The first-order chi connectivity index (χ1) is 15.1. The molecule has 0 radical (unpaired) electrons. The minimum Gasteiger partial charge on any atom is -0.496 e. The second kappa shape index (κ2) is 11.3. The van der Waals surface area contributed by atoms with Gasteiger partial charge in [0.2, 0.25) is 5.91 Å². The molecule has 162 valence electrons. The molecule has 0 bridgehead atoms. The Hall–Kier alpha value is -3.19. The summed E-state index contributed by atoms with van der Waals surface area (Å²) in [6.07, 6.45) is 7.40. The lowest BCUT2D eigenvalue weighted by molar-refractivity contribution is -0.115. The molecule has 2 N–H and O–H groups in total. The number of carbonyl (C=O) groups is 2. The predicted molar refractivity (Wildman–Crippen MR) is 127 cm³/mol. The lowest BCUT2D eigenvalue weighted by Gasteiger charge is -2.22. The Balaban J connectivity index is 1.63. The van der Waals surface area contributed by atoms with E-state index in [1.54, 1.807) is 25.3 Å². The highest BCUT2D eigenvalue weighted by molar-refractivity contribution is 7.80. The number of methoxy groups -OCH3 is 1. The van der Waals surface area contributed by atoms with E-state index < -0.39 is 0 Å². The van der Waals surface area contributed by atoms with Gasteiger partial charge in [-0.25, -0.2) is 0 Å². The van der Waals surface area contributed by atoms with Gasteiger partial charge in [-0.3, -0.25) is 14.9 Å². The van der Waals surface area contributed by atoms with Gasteiger partial charge < -0.3 is 15.0 Å². The van der Waals surface area contributed by atoms with E-state index in [0.717, 1.165) is 44.3 Å². The van der Waals surface area contributed by atoms with Gasteiger partial charge in [0.15, 0.2) is 5.11 Å². The molecule has 0 saturated carbocycles. The molecule has 3 rings (SSSR count). The average Bonchev–Trinajstić information content (AvgIpc) is 3.07. The van der Waals surface area contributed by atoms with Gasteiger partial charge in [0.25, 0.3) is 5.91 Å². The largest absolute Gasteiger partial charge is 0.496 e. The van der Waals surface area contributed by atoms with Gasteiger partial charge in [0.1, 0.15) is 5.75 Å². The first kappa shape index (κ1) is 22.5. The summed E-state index contributed by atoms with van der Waals surface area (Å²) in [7, 11) is 1.58. The molecule has 1 saturated heterocycles. The minimum atomic E-state index is -0.375. The molecule has 0 atom stereocenters. The van der Waals surface area contributed by atoms with Crippen LogP contribution in [0.2, 0.25) is 0 Å². The molecule has 1 heterocycles. The molecule has 1 fully saturated rings. The molecule has 2 aromatic carbocycles. The lowest BCUT2D eigenvalue weighted by Crippen LogP contribution is -2.35. The van der Waals surface area contributed by atoms with Crippen LogP contribution in [-0.2, 0) is 4.79 Å². The first-order valence-corrected chi connectivity index (χ1v) is 10.8. The van der Waals surface area contributed by atoms with Crippen molar-refractivity contribution in [2.75, 3.05) is 25.5 Å². The van der Waals surface area contributed by atoms with Gasteiger partial charge in [-0.05, 0) is 49.3 Å². The maximum Gasteiger partial charge on any atom is 0.255 e. The highest BCUT2D eigenvalue weighted by Crippen LogP contribution is 2.20. The Morgan fingerprint density at radius 2 is 1.68 bits per heavy atom. The number of ether oxygens (including phenoxy) is 1. The zero-order valence-electron chi connectivity index (χ0n) is 17.6. The maximum absolute atomic E-state index is 13.0. The fourth-order valence-electron chi connectivity index (χ4n) is 3.50. The Labute approximate surface area is 188 Å². The number of nitrogens with one attached hydrogen (secondary N) is 2. The topological polar surface area (TPSA) is 70.7 Å². The smallest absolute Gasteiger partial charge is 0.255 e. The van der Waals surface area contributed by atoms with Crippen LogP contribution in [-0.4, -0.2) is 42.0 Å². The summed E-state index contributed by atoms with van der Waals surface area (Å²) >= 11 is 5.29. The van der Waals surface area contributed by atoms with Gasteiger partial charge >= 0.3 is 0 Å². The molecule has 0 aromatic heterocycles. The van der Waals surface area contributed by atoms with E-state index in [-0.39, 0.29) is 16.9 Å². The molecule has 7 heteroatoms. The number of carbonyl (C=O) groups excluding carboxylic acids is 2. The molecule has 31 heavy (non-hydrogen) atoms. The predicted octanol–water partition coefficient (Wildman–Crippen LogP) is 4.24. The Morgan fingerprint density at radius 1 is 1.00 bits per heavy atom. The second-order valence-electron chi connectivity index (χ2n) is 7.27. The Kier molecular flexibility index (Phi) is 8.18. The number of hydrogen-bond donors (Lipinski definition) is 2. The minimum absolute atomic E-state index is 0.0183. The highest BCUT2D eigenvalue weighted by Gasteiger charge is 2.20. The van der Waals surface area contributed by atoms with E-state index >= 15 is 0 Å². The number of nitrogens with zero attached hydrogens (tertiary/aromatic N) is 1. The summed E-state index contributed by atoms with van der Waals surface area (Å²) in [6.45, 7) is 1.53. The van der Waals surface area contributed by atoms with E-state index in [1.165, 1.54) is 6.08 Å². The summed E-state index contributed by atoms with van der Waals surface area (Å²) in [5.74, 6) is 0.281. The van der Waals surface area contributed by atoms with E-state index in [4.69, 9.17) is 17.0 Å². The molecule has 2 amide bonds. The SMILES string of the molecule is COc1ccccc1/C=C/C(=O)NC(=S)Nc1ccccc1C(=O)N1CCCCCC1. The van der Waals surface area contributed by atoms with Gasteiger partial charge in [-0.1, -0.05) is 43.2 Å². The van der Waals surface area contributed by atoms with Crippen molar-refractivity contribution in [1.29, 1.82) is 0 Å². The highest BCUT2D eigenvalue weighted by atomic mass is 32.1. The third kappa shape index (κ3) is 6.39. The summed E-state index contributed by atoms with van der Waals surface area (Å²) in [4.78, 5) is 27.2. The van der Waals surface area contributed by atoms with Crippen molar-refractivity contribution in [3.8, 4) is 5.75 Å². The van der Waals surface area contributed by atoms with Crippen LogP contribution < -0.4 is 15.4 Å². The van der Waals surface area contributed by atoms with Gasteiger partial charge in [-0.2, -0.15) is 0 Å². The van der Waals surface area contributed by atoms with Crippen LogP contribution in [0.15, 0.2) is 54.6 Å². The molecule has 1 aliphatic heterocycles. The second-order valence-corrected chi connectivity index (χ2v) is 7.68. The Morgan fingerprint density at radius 3 is 2.42 bits per heavy atom. The third-order valence-electron chi connectivity index (χ3n) is 5.09. The quantitative estimate of drug-likeness (QED) is 0.541. The number of hydrogen-bond acceptors (Lipinski definition) is 4. The van der Waals surface area contributed by atoms with Crippen molar-refractivity contribution in [3.05, 3.63) is 65.7 Å². The molecular formula is C24H27N3O3S. The van der Waals surface area contributed by atoms with Crippen LogP contribution in [0, 0.1) is 0 Å². The monoisotopic (exact) mass is 437 g/mol. The number of likely N-dealkylation sites (tertiary alicyclic amines) is 1. The van der Waals surface area contributed by atoms with Crippen LogP contribution >= 0.6 is 12.2 Å². The summed E-state index contributed by atoms with van der Waals surface area (Å²) in [5.41, 5.74) is 1.91. The molecule has 1 aliphatic rings. The molecule has 6 nitrogen and oxygen atoms in total. The molecule has 2 aromatic rings. The summed E-state index contributed by atoms with van der Waals surface area (Å²) < 4.78 is 5.27. The van der Waals surface area contributed by atoms with Gasteiger partial charge in [0.05, 0.1) is 18.4 Å². The van der Waals surface area contributed by atoms with Crippen LogP contribution in [0.1, 0.15) is 41.6 Å². The van der Waals surface area contributed by atoms with E-state index in [9.17, 15) is 9.59 Å². The van der Waals surface area contributed by atoms with Crippen molar-refractivity contribution in [2.45, 2.75) is 25.7 Å². The summed E-state index contributed by atoms with van der Waals surface area (Å²) in [6, 6.07) is 14.6. The fourth-order valence-corrected chi connectivity index (χ4v) is 3.71. The number of rotatable bonds is 5. The third-order valence-corrected chi connectivity index (χ3v) is 5.29. The number of anilines is 1. The molecule has 0 unspecified atom stereocenters. The van der Waals surface area contributed by atoms with Crippen LogP contribution in [0.4, 0.5) is 5.69 Å². The zero-order valence-corrected chi connectivity index (χ0v) is 18.4. The number of amides is 2. The van der Waals surface area contributed by atoms with Crippen molar-refractivity contribution in [3.63, 3.8) is 0 Å². The zero-order chi connectivity index (χ0) is 22.1. The van der Waals surface area contributed by atoms with Crippen molar-refractivity contribution in [1.82, 2.24) is 10.2 Å². The standard InChI is InChI=1S/C24H27N3O3S/c1-30-21-13-7-4-10-18(21)14-15-22(28)26-24(31)25-20-12-6-5-11-19(20)23(29)27-16-8-2-3-9-17-27/h4-7,10-15H,2-3,8-9,16-17H2,1H3,(H2,25,26,28,31)/b15-14+. The van der Waals surface area contributed by atoms with Crippen molar-refractivity contribution < 1.29 is 14.3 Å². The van der Waals surface area contributed by atoms with Crippen molar-refractivity contribution >= 4 is 40.9 Å². The van der Waals surface area contributed by atoms with Crippen molar-refractivity contribution in [2.24, 2.45) is 0 Å². The van der Waals surface area contributed by atoms with E-state index in [2.05, 4.69) is 10.6 Å². The number of para-hydroxylation sites is 2. The van der Waals surface area contributed by atoms with Crippen LogP contribution in [0.3, 0.4) is 0 Å². The Bertz CT molecular complexity index is 966. The van der Waals surface area contributed by atoms with Gasteiger partial charge in [-0.15, -0.1) is 0 Å². The molecular weight excluding hydrogens is 410 g/mol. The normalized spacial score (nSPS) is 14.0. The number of benzene rings is 2. The maximum atomic E-state index is 13.0. The van der Waals surface area contributed by atoms with Crippen LogP contribution in [0.5, 0.6) is 5.75 Å². The molecule has 0 spiro atoms. The first-order valence-electron chi connectivity index (χ1n) is 10.4. The fraction of sp³-hybridized carbons (Fsp3) is 0.292. The van der Waals surface area contributed by atoms with E-state index in [1.807, 2.05) is 41.3 Å². The van der Waals surface area contributed by atoms with Crippen LogP contribution in [0.25, 0.3) is 6.08 Å². The average molecular weight is 438 g/mol. The lowest BCUT2D eigenvalue weighted by atomic mass is 10.1. The molecule has 0 aliphatic carbocycles. The summed E-state index contributed by atoms with van der Waals surface area (Å²) in [5, 5.41) is 5.74. The van der Waals surface area contributed by atoms with E-state index in [0.29, 0.717) is 17.0 Å². The number of thiocarbonyl (C=S) groups is 1. The van der Waals surface area contributed by atoms with Gasteiger partial charge in [0, 0.05) is 24.7 Å².